The summed E-state index contributed by atoms with van der Waals surface area (Å²) in [6.45, 7) is 11.0. The molecular formula is C16H35OP. The third kappa shape index (κ3) is 5.91. The highest BCUT2D eigenvalue weighted by molar-refractivity contribution is 7.65. The molecule has 0 spiro atoms. The van der Waals surface area contributed by atoms with Crippen LogP contribution in [-0.4, -0.2) is 17.5 Å². The van der Waals surface area contributed by atoms with Crippen molar-refractivity contribution < 1.29 is 4.57 Å². The molecule has 0 bridgehead atoms. The zero-order valence-corrected chi connectivity index (χ0v) is 14.3. The van der Waals surface area contributed by atoms with Crippen LogP contribution in [0.1, 0.15) is 86.0 Å². The van der Waals surface area contributed by atoms with Gasteiger partial charge in [0.05, 0.1) is 7.14 Å². The molecule has 0 aromatic rings. The Balaban J connectivity index is 4.15. The first kappa shape index (κ1) is 18.2. The van der Waals surface area contributed by atoms with Crippen LogP contribution in [0.15, 0.2) is 0 Å². The summed E-state index contributed by atoms with van der Waals surface area (Å²) in [7, 11) is -1.96. The third-order valence-corrected chi connectivity index (χ3v) is 9.26. The average Bonchev–Trinajstić information content (AvgIpc) is 2.40. The first-order chi connectivity index (χ1) is 8.52. The highest BCUT2D eigenvalue weighted by atomic mass is 32.2. The van der Waals surface area contributed by atoms with Gasteiger partial charge in [0.15, 0.2) is 0 Å². The van der Waals surface area contributed by atoms with E-state index in [2.05, 4.69) is 34.6 Å². The Bertz CT molecular complexity index is 223. The second-order valence-electron chi connectivity index (χ2n) is 5.86. The van der Waals surface area contributed by atoms with Crippen LogP contribution in [-0.2, 0) is 4.57 Å². The number of rotatable bonds is 11. The highest BCUT2D eigenvalue weighted by Crippen LogP contribution is 2.57. The van der Waals surface area contributed by atoms with E-state index in [4.69, 9.17) is 0 Å². The van der Waals surface area contributed by atoms with E-state index >= 15 is 0 Å². The lowest BCUT2D eigenvalue weighted by Crippen LogP contribution is -2.15. The molecule has 0 aliphatic carbocycles. The minimum absolute atomic E-state index is 0.420. The zero-order chi connectivity index (χ0) is 14.0. The summed E-state index contributed by atoms with van der Waals surface area (Å²) in [5.74, 6) is 0. The van der Waals surface area contributed by atoms with E-state index in [0.29, 0.717) is 11.3 Å². The Morgan fingerprint density at radius 3 is 1.67 bits per heavy atom. The minimum Gasteiger partial charge on any atom is -0.323 e. The zero-order valence-electron chi connectivity index (χ0n) is 13.4. The Labute approximate surface area is 116 Å². The van der Waals surface area contributed by atoms with Gasteiger partial charge in [0, 0.05) is 17.5 Å². The van der Waals surface area contributed by atoms with Gasteiger partial charge in [-0.15, -0.1) is 0 Å². The molecule has 0 N–H and O–H groups in total. The van der Waals surface area contributed by atoms with Gasteiger partial charge in [-0.05, 0) is 19.3 Å². The molecule has 0 aliphatic heterocycles. The molecule has 110 valence electrons. The number of hydrogen-bond donors (Lipinski definition) is 0. The lowest BCUT2D eigenvalue weighted by Gasteiger charge is -2.29. The predicted octanol–water partition coefficient (Wildman–Crippen LogP) is 6.31. The Hall–Kier alpha value is 0.230. The fourth-order valence-corrected chi connectivity index (χ4v) is 6.34. The molecule has 0 radical (unpaired) electrons. The van der Waals surface area contributed by atoms with Gasteiger partial charge in [-0.3, -0.25) is 0 Å². The van der Waals surface area contributed by atoms with Crippen molar-refractivity contribution in [3.63, 3.8) is 0 Å². The molecule has 0 heterocycles. The quantitative estimate of drug-likeness (QED) is 0.319. The summed E-state index contributed by atoms with van der Waals surface area (Å²) in [5.41, 5.74) is 0.839. The first-order valence-corrected chi connectivity index (χ1v) is 10.1. The Morgan fingerprint density at radius 1 is 0.778 bits per heavy atom. The van der Waals surface area contributed by atoms with Gasteiger partial charge in [-0.25, -0.2) is 0 Å². The van der Waals surface area contributed by atoms with Gasteiger partial charge in [0.25, 0.3) is 0 Å². The summed E-state index contributed by atoms with van der Waals surface area (Å²) in [5, 5.41) is 0. The molecule has 2 atom stereocenters. The molecule has 0 aromatic heterocycles. The summed E-state index contributed by atoms with van der Waals surface area (Å²) in [4.78, 5) is 0. The van der Waals surface area contributed by atoms with Crippen LogP contribution in [0.2, 0.25) is 0 Å². The molecular weight excluding hydrogens is 240 g/mol. The van der Waals surface area contributed by atoms with Crippen molar-refractivity contribution in [3.8, 4) is 0 Å². The second-order valence-corrected chi connectivity index (χ2v) is 9.78. The maximum absolute atomic E-state index is 13.2. The molecule has 0 rings (SSSR count). The van der Waals surface area contributed by atoms with Gasteiger partial charge >= 0.3 is 0 Å². The average molecular weight is 275 g/mol. The summed E-state index contributed by atoms with van der Waals surface area (Å²) < 4.78 is 13.2. The van der Waals surface area contributed by atoms with Crippen molar-refractivity contribution in [1.82, 2.24) is 0 Å². The first-order valence-electron chi connectivity index (χ1n) is 8.11. The maximum Gasteiger partial charge on any atom is 0.0930 e. The fraction of sp³-hybridized carbons (Fsp3) is 1.00. The van der Waals surface area contributed by atoms with Crippen molar-refractivity contribution >= 4 is 7.14 Å². The Morgan fingerprint density at radius 2 is 1.22 bits per heavy atom. The van der Waals surface area contributed by atoms with Crippen LogP contribution < -0.4 is 0 Å². The molecule has 0 saturated carbocycles. The van der Waals surface area contributed by atoms with Gasteiger partial charge in [0.1, 0.15) is 0 Å². The molecule has 2 heteroatoms. The van der Waals surface area contributed by atoms with Gasteiger partial charge in [-0.1, -0.05) is 66.7 Å². The van der Waals surface area contributed by atoms with Crippen molar-refractivity contribution in [2.45, 2.75) is 97.3 Å². The van der Waals surface area contributed by atoms with Gasteiger partial charge < -0.3 is 4.57 Å². The van der Waals surface area contributed by atoms with E-state index in [1.54, 1.807) is 0 Å². The van der Waals surface area contributed by atoms with Gasteiger partial charge in [0.2, 0.25) is 0 Å². The lowest BCUT2D eigenvalue weighted by molar-refractivity contribution is 0.545. The number of hydrogen-bond acceptors (Lipinski definition) is 1. The molecule has 0 fully saturated rings. The van der Waals surface area contributed by atoms with E-state index in [1.807, 2.05) is 0 Å². The third-order valence-electron chi connectivity index (χ3n) is 4.53. The van der Waals surface area contributed by atoms with Crippen LogP contribution >= 0.6 is 7.14 Å². The topological polar surface area (TPSA) is 17.1 Å². The van der Waals surface area contributed by atoms with E-state index in [-0.39, 0.29) is 0 Å². The standard InChI is InChI=1S/C16H35OP/c1-6-9-10-11-12-13-14-18(17,15(4)7-2)16(5)8-3/h15-16H,6-14H2,1-5H3/i18+1. The van der Waals surface area contributed by atoms with Crippen LogP contribution in [0, 0.1) is 0 Å². The molecule has 0 aliphatic rings. The fourth-order valence-electron chi connectivity index (χ4n) is 2.63. The van der Waals surface area contributed by atoms with E-state index in [9.17, 15) is 4.57 Å². The molecule has 0 saturated heterocycles. The van der Waals surface area contributed by atoms with Crippen LogP contribution in [0.25, 0.3) is 0 Å². The monoisotopic (exact) mass is 275 g/mol. The molecule has 0 amide bonds. The van der Waals surface area contributed by atoms with Crippen LogP contribution in [0.5, 0.6) is 0 Å². The van der Waals surface area contributed by atoms with Crippen molar-refractivity contribution in [3.05, 3.63) is 0 Å². The van der Waals surface area contributed by atoms with Gasteiger partial charge in [-0.2, -0.15) is 0 Å². The highest BCUT2D eigenvalue weighted by Gasteiger charge is 2.32. The van der Waals surface area contributed by atoms with Crippen LogP contribution in [0.3, 0.4) is 0 Å². The summed E-state index contributed by atoms with van der Waals surface area (Å²) >= 11 is 0. The second kappa shape index (κ2) is 10.1. The maximum atomic E-state index is 13.2. The smallest absolute Gasteiger partial charge is 0.0930 e. The van der Waals surface area contributed by atoms with Crippen molar-refractivity contribution in [1.29, 1.82) is 0 Å². The normalized spacial score (nSPS) is 18.3. The largest absolute Gasteiger partial charge is 0.323 e. The summed E-state index contributed by atoms with van der Waals surface area (Å²) in [6.07, 6.45) is 10.9. The van der Waals surface area contributed by atoms with Crippen molar-refractivity contribution in [2.24, 2.45) is 0 Å². The van der Waals surface area contributed by atoms with E-state index in [0.717, 1.165) is 19.0 Å². The minimum atomic E-state index is -1.96. The molecule has 0 aromatic carbocycles. The van der Waals surface area contributed by atoms with E-state index < -0.39 is 7.14 Å². The molecule has 2 unspecified atom stereocenters. The molecule has 1 nitrogen and oxygen atoms in total. The van der Waals surface area contributed by atoms with E-state index in [1.165, 1.54) is 38.5 Å². The molecule has 18 heavy (non-hydrogen) atoms. The summed E-state index contributed by atoms with van der Waals surface area (Å²) in [6, 6.07) is 0. The SMILES string of the molecule is CCCCCCCC[32P](=O)(C(C)CC)C(C)CC. The lowest BCUT2D eigenvalue weighted by atomic mass is 10.1. The predicted molar refractivity (Wildman–Crippen MR) is 85.4 cm³/mol. The van der Waals surface area contributed by atoms with Crippen LogP contribution in [0.4, 0.5) is 0 Å². The van der Waals surface area contributed by atoms with Crippen molar-refractivity contribution in [2.75, 3.05) is 6.16 Å². The Kier molecular flexibility index (Phi) is 10.2. The number of unbranched alkanes of at least 4 members (excludes halogenated alkanes) is 5.